The van der Waals surface area contributed by atoms with Gasteiger partial charge in [0.1, 0.15) is 5.82 Å². The molecule has 0 atom stereocenters. The third-order valence-electron chi connectivity index (χ3n) is 2.60. The summed E-state index contributed by atoms with van der Waals surface area (Å²) in [5, 5.41) is 4.07. The first-order valence-electron chi connectivity index (χ1n) is 6.13. The van der Waals surface area contributed by atoms with E-state index in [1.807, 2.05) is 23.9 Å². The van der Waals surface area contributed by atoms with E-state index in [-0.39, 0.29) is 0 Å². The van der Waals surface area contributed by atoms with Crippen molar-refractivity contribution in [1.82, 2.24) is 10.3 Å². The van der Waals surface area contributed by atoms with Gasteiger partial charge < -0.3 is 10.2 Å². The summed E-state index contributed by atoms with van der Waals surface area (Å²) < 4.78 is 0. The Morgan fingerprint density at radius 2 is 2.17 bits per heavy atom. The minimum atomic E-state index is 0.431. The molecule has 102 valence electrons. The van der Waals surface area contributed by atoms with Crippen LogP contribution in [0.15, 0.2) is 12.1 Å². The van der Waals surface area contributed by atoms with Crippen molar-refractivity contribution in [3.63, 3.8) is 0 Å². The van der Waals surface area contributed by atoms with Gasteiger partial charge in [-0.1, -0.05) is 25.4 Å². The van der Waals surface area contributed by atoms with Crippen LogP contribution in [0.5, 0.6) is 0 Å². The molecule has 0 unspecified atom stereocenters. The number of aromatic nitrogens is 1. The topological polar surface area (TPSA) is 28.2 Å². The number of nitrogens with one attached hydrogen (secondary N) is 1. The SMILES string of the molecule is CSCCN(C)c1ccc(Cl)c(CNC(C)C)n1. The van der Waals surface area contributed by atoms with Crippen LogP contribution in [0.25, 0.3) is 0 Å². The second kappa shape index (κ2) is 7.87. The van der Waals surface area contributed by atoms with Crippen LogP contribution in [-0.4, -0.2) is 36.6 Å². The van der Waals surface area contributed by atoms with E-state index in [0.29, 0.717) is 12.6 Å². The number of hydrogen-bond donors (Lipinski definition) is 1. The summed E-state index contributed by atoms with van der Waals surface area (Å²) in [6.07, 6.45) is 2.11. The molecule has 0 bridgehead atoms. The summed E-state index contributed by atoms with van der Waals surface area (Å²) in [6.45, 7) is 5.93. The van der Waals surface area contributed by atoms with E-state index in [4.69, 9.17) is 11.6 Å². The highest BCUT2D eigenvalue weighted by Crippen LogP contribution is 2.19. The molecule has 1 N–H and O–H groups in total. The number of pyridine rings is 1. The Hall–Kier alpha value is -0.450. The summed E-state index contributed by atoms with van der Waals surface area (Å²) in [7, 11) is 2.06. The maximum Gasteiger partial charge on any atom is 0.128 e. The molecule has 0 fully saturated rings. The van der Waals surface area contributed by atoms with Crippen molar-refractivity contribution in [2.75, 3.05) is 30.5 Å². The number of anilines is 1. The van der Waals surface area contributed by atoms with Crippen molar-refractivity contribution in [2.24, 2.45) is 0 Å². The molecule has 18 heavy (non-hydrogen) atoms. The number of nitrogens with zero attached hydrogens (tertiary/aromatic N) is 2. The lowest BCUT2D eigenvalue weighted by Crippen LogP contribution is -2.24. The molecule has 0 aromatic carbocycles. The lowest BCUT2D eigenvalue weighted by atomic mass is 10.3. The highest BCUT2D eigenvalue weighted by Gasteiger charge is 2.07. The van der Waals surface area contributed by atoms with Gasteiger partial charge in [0.15, 0.2) is 0 Å². The van der Waals surface area contributed by atoms with Gasteiger partial charge in [-0.3, -0.25) is 0 Å². The molecule has 1 heterocycles. The van der Waals surface area contributed by atoms with Gasteiger partial charge in [0.25, 0.3) is 0 Å². The minimum absolute atomic E-state index is 0.431. The van der Waals surface area contributed by atoms with Gasteiger partial charge in [-0.15, -0.1) is 0 Å². The molecular formula is C13H22ClN3S. The Balaban J connectivity index is 2.73. The van der Waals surface area contributed by atoms with Gasteiger partial charge in [0.2, 0.25) is 0 Å². The molecule has 0 saturated heterocycles. The Morgan fingerprint density at radius 3 is 2.78 bits per heavy atom. The maximum atomic E-state index is 6.16. The summed E-state index contributed by atoms with van der Waals surface area (Å²) >= 11 is 8.00. The molecular weight excluding hydrogens is 266 g/mol. The summed E-state index contributed by atoms with van der Waals surface area (Å²) in [5.41, 5.74) is 0.916. The molecule has 0 aliphatic heterocycles. The monoisotopic (exact) mass is 287 g/mol. The van der Waals surface area contributed by atoms with Crippen LogP contribution < -0.4 is 10.2 Å². The van der Waals surface area contributed by atoms with Gasteiger partial charge in [-0.05, 0) is 18.4 Å². The largest absolute Gasteiger partial charge is 0.359 e. The van der Waals surface area contributed by atoms with Crippen LogP contribution in [0, 0.1) is 0 Å². The molecule has 5 heteroatoms. The molecule has 1 rings (SSSR count). The zero-order chi connectivity index (χ0) is 13.5. The Bertz CT molecular complexity index is 371. The van der Waals surface area contributed by atoms with Crippen molar-refractivity contribution < 1.29 is 0 Å². The standard InChI is InChI=1S/C13H22ClN3S/c1-10(2)15-9-12-11(14)5-6-13(16-12)17(3)7-8-18-4/h5-6,10,15H,7-9H2,1-4H3. The van der Waals surface area contributed by atoms with Crippen LogP contribution in [0.1, 0.15) is 19.5 Å². The first-order valence-corrected chi connectivity index (χ1v) is 7.90. The summed E-state index contributed by atoms with van der Waals surface area (Å²) in [6, 6.07) is 4.33. The lowest BCUT2D eigenvalue weighted by molar-refractivity contribution is 0.581. The highest BCUT2D eigenvalue weighted by molar-refractivity contribution is 7.98. The molecule has 0 aliphatic rings. The van der Waals surface area contributed by atoms with Gasteiger partial charge >= 0.3 is 0 Å². The highest BCUT2D eigenvalue weighted by atomic mass is 35.5. The smallest absolute Gasteiger partial charge is 0.128 e. The molecule has 0 spiro atoms. The first-order chi connectivity index (χ1) is 8.54. The Labute approximate surface area is 119 Å². The Morgan fingerprint density at radius 1 is 1.44 bits per heavy atom. The fourth-order valence-corrected chi connectivity index (χ4v) is 2.08. The number of thioether (sulfide) groups is 1. The van der Waals surface area contributed by atoms with Gasteiger partial charge in [-0.25, -0.2) is 4.98 Å². The fourth-order valence-electron chi connectivity index (χ4n) is 1.45. The molecule has 0 radical (unpaired) electrons. The lowest BCUT2D eigenvalue weighted by Gasteiger charge is -2.19. The van der Waals surface area contributed by atoms with Crippen LogP contribution in [-0.2, 0) is 6.54 Å². The van der Waals surface area contributed by atoms with E-state index in [1.165, 1.54) is 0 Å². The van der Waals surface area contributed by atoms with Crippen molar-refractivity contribution in [2.45, 2.75) is 26.4 Å². The number of rotatable bonds is 7. The zero-order valence-corrected chi connectivity index (χ0v) is 13.1. The van der Waals surface area contributed by atoms with E-state index in [2.05, 4.69) is 42.4 Å². The molecule has 0 saturated carbocycles. The van der Waals surface area contributed by atoms with Crippen molar-refractivity contribution in [3.05, 3.63) is 22.8 Å². The average molecular weight is 288 g/mol. The first kappa shape index (κ1) is 15.6. The predicted molar refractivity (Wildman–Crippen MR) is 82.9 cm³/mol. The quantitative estimate of drug-likeness (QED) is 0.834. The maximum absolute atomic E-state index is 6.16. The summed E-state index contributed by atoms with van der Waals surface area (Å²) in [4.78, 5) is 6.78. The average Bonchev–Trinajstić information content (AvgIpc) is 2.34. The van der Waals surface area contributed by atoms with Crippen molar-refractivity contribution >= 4 is 29.2 Å². The molecule has 0 amide bonds. The second-order valence-electron chi connectivity index (χ2n) is 4.55. The zero-order valence-electron chi connectivity index (χ0n) is 11.5. The van der Waals surface area contributed by atoms with Crippen LogP contribution in [0.3, 0.4) is 0 Å². The number of halogens is 1. The summed E-state index contributed by atoms with van der Waals surface area (Å²) in [5.74, 6) is 2.08. The van der Waals surface area contributed by atoms with Gasteiger partial charge in [0.05, 0.1) is 10.7 Å². The predicted octanol–water partition coefficient (Wildman–Crippen LogP) is 3.03. The second-order valence-corrected chi connectivity index (χ2v) is 5.94. The van der Waals surface area contributed by atoms with Crippen LogP contribution >= 0.6 is 23.4 Å². The van der Waals surface area contributed by atoms with E-state index >= 15 is 0 Å². The third-order valence-corrected chi connectivity index (χ3v) is 3.54. The van der Waals surface area contributed by atoms with E-state index in [1.54, 1.807) is 0 Å². The van der Waals surface area contributed by atoms with Crippen molar-refractivity contribution in [1.29, 1.82) is 0 Å². The normalized spacial score (nSPS) is 11.0. The fraction of sp³-hybridized carbons (Fsp3) is 0.615. The Kier molecular flexibility index (Phi) is 6.82. The van der Waals surface area contributed by atoms with Crippen LogP contribution in [0.2, 0.25) is 5.02 Å². The van der Waals surface area contributed by atoms with Gasteiger partial charge in [-0.2, -0.15) is 11.8 Å². The van der Waals surface area contributed by atoms with Crippen molar-refractivity contribution in [3.8, 4) is 0 Å². The third kappa shape index (κ3) is 5.04. The van der Waals surface area contributed by atoms with E-state index in [0.717, 1.165) is 28.8 Å². The molecule has 1 aromatic rings. The number of hydrogen-bond acceptors (Lipinski definition) is 4. The molecule has 0 aliphatic carbocycles. The van der Waals surface area contributed by atoms with E-state index < -0.39 is 0 Å². The molecule has 1 aromatic heterocycles. The van der Waals surface area contributed by atoms with E-state index in [9.17, 15) is 0 Å². The van der Waals surface area contributed by atoms with Crippen LogP contribution in [0.4, 0.5) is 5.82 Å². The molecule has 3 nitrogen and oxygen atoms in total. The minimum Gasteiger partial charge on any atom is -0.359 e. The van der Waals surface area contributed by atoms with Gasteiger partial charge in [0, 0.05) is 31.9 Å².